The monoisotopic (exact) mass is 384 g/mol. The maximum absolute atomic E-state index is 14.7. The summed E-state index contributed by atoms with van der Waals surface area (Å²) in [5.74, 6) is 5.54. The van der Waals surface area contributed by atoms with Crippen molar-refractivity contribution in [1.82, 2.24) is 0 Å². The molecular weight excluding hydrogens is 347 g/mol. The standard InChI is InChI=1S/C26H37FO/c1-3-14-28-24-12-13-25(26(27)17-24)23-11-10-21-15-20(8-9-22(21)16-23)19-6-4-18(2)5-7-19/h3,12-13,17-23H,1,4-11,14-16H2,2H3. The number of rotatable bonds is 5. The molecule has 0 heterocycles. The lowest BCUT2D eigenvalue weighted by Gasteiger charge is -2.45. The Balaban J connectivity index is 1.34. The first-order valence-electron chi connectivity index (χ1n) is 11.7. The zero-order valence-corrected chi connectivity index (χ0v) is 17.5. The van der Waals surface area contributed by atoms with Gasteiger partial charge in [0.2, 0.25) is 0 Å². The average Bonchev–Trinajstić information content (AvgIpc) is 2.72. The first-order chi connectivity index (χ1) is 13.6. The summed E-state index contributed by atoms with van der Waals surface area (Å²) in [5.41, 5.74) is 0.910. The zero-order chi connectivity index (χ0) is 19.5. The van der Waals surface area contributed by atoms with Crippen molar-refractivity contribution in [1.29, 1.82) is 0 Å². The molecule has 4 unspecified atom stereocenters. The summed E-state index contributed by atoms with van der Waals surface area (Å²) in [7, 11) is 0. The van der Waals surface area contributed by atoms with E-state index in [0.29, 0.717) is 18.3 Å². The largest absolute Gasteiger partial charge is 0.489 e. The highest BCUT2D eigenvalue weighted by Crippen LogP contribution is 2.51. The van der Waals surface area contributed by atoms with Crippen molar-refractivity contribution >= 4 is 0 Å². The van der Waals surface area contributed by atoms with Gasteiger partial charge in [-0.3, -0.25) is 0 Å². The van der Waals surface area contributed by atoms with E-state index in [2.05, 4.69) is 13.5 Å². The van der Waals surface area contributed by atoms with E-state index in [1.54, 1.807) is 12.1 Å². The van der Waals surface area contributed by atoms with Crippen LogP contribution in [-0.4, -0.2) is 6.61 Å². The lowest BCUT2D eigenvalue weighted by Crippen LogP contribution is -2.34. The Bertz CT molecular complexity index is 660. The lowest BCUT2D eigenvalue weighted by atomic mass is 9.60. The molecule has 4 atom stereocenters. The predicted octanol–water partition coefficient (Wildman–Crippen LogP) is 7.52. The van der Waals surface area contributed by atoms with Gasteiger partial charge in [0.25, 0.3) is 0 Å². The summed E-state index contributed by atoms with van der Waals surface area (Å²) in [5, 5.41) is 0. The number of halogens is 1. The Morgan fingerprint density at radius 2 is 1.57 bits per heavy atom. The Kier molecular flexibility index (Phi) is 6.43. The molecule has 2 heteroatoms. The van der Waals surface area contributed by atoms with Crippen LogP contribution in [0.2, 0.25) is 0 Å². The second-order valence-electron chi connectivity index (χ2n) is 9.91. The van der Waals surface area contributed by atoms with Gasteiger partial charge in [-0.05, 0) is 98.5 Å². The molecule has 3 saturated carbocycles. The van der Waals surface area contributed by atoms with Crippen molar-refractivity contribution in [3.63, 3.8) is 0 Å². The van der Waals surface area contributed by atoms with E-state index in [4.69, 9.17) is 4.74 Å². The minimum absolute atomic E-state index is 0.0879. The first-order valence-corrected chi connectivity index (χ1v) is 11.7. The van der Waals surface area contributed by atoms with Crippen LogP contribution in [0.4, 0.5) is 4.39 Å². The molecule has 1 aromatic rings. The van der Waals surface area contributed by atoms with E-state index in [1.165, 1.54) is 57.8 Å². The van der Waals surface area contributed by atoms with Crippen molar-refractivity contribution in [2.45, 2.75) is 77.0 Å². The number of ether oxygens (including phenoxy) is 1. The van der Waals surface area contributed by atoms with Crippen LogP contribution in [-0.2, 0) is 0 Å². The third-order valence-electron chi connectivity index (χ3n) is 8.16. The van der Waals surface area contributed by atoms with Crippen molar-refractivity contribution in [3.05, 3.63) is 42.2 Å². The molecule has 0 bridgehead atoms. The van der Waals surface area contributed by atoms with Gasteiger partial charge in [0, 0.05) is 6.07 Å². The van der Waals surface area contributed by atoms with Gasteiger partial charge >= 0.3 is 0 Å². The highest BCUT2D eigenvalue weighted by molar-refractivity contribution is 5.31. The van der Waals surface area contributed by atoms with E-state index >= 15 is 0 Å². The van der Waals surface area contributed by atoms with Gasteiger partial charge in [-0.2, -0.15) is 0 Å². The fourth-order valence-corrected chi connectivity index (χ4v) is 6.48. The van der Waals surface area contributed by atoms with Gasteiger partial charge < -0.3 is 4.74 Å². The Morgan fingerprint density at radius 3 is 2.29 bits per heavy atom. The molecule has 0 aliphatic heterocycles. The summed E-state index contributed by atoms with van der Waals surface area (Å²) in [6.45, 7) is 6.49. The molecule has 0 spiro atoms. The fourth-order valence-electron chi connectivity index (χ4n) is 6.48. The van der Waals surface area contributed by atoms with Crippen molar-refractivity contribution in [2.24, 2.45) is 29.6 Å². The number of benzene rings is 1. The van der Waals surface area contributed by atoms with Gasteiger partial charge in [0.1, 0.15) is 18.2 Å². The maximum Gasteiger partial charge on any atom is 0.130 e. The minimum Gasteiger partial charge on any atom is -0.489 e. The normalized spacial score (nSPS) is 35.8. The van der Waals surface area contributed by atoms with Crippen LogP contribution in [0, 0.1) is 35.4 Å². The minimum atomic E-state index is -0.0879. The molecule has 4 rings (SSSR count). The van der Waals surface area contributed by atoms with Crippen LogP contribution in [0.3, 0.4) is 0 Å². The zero-order valence-electron chi connectivity index (χ0n) is 17.5. The molecule has 28 heavy (non-hydrogen) atoms. The van der Waals surface area contributed by atoms with E-state index in [-0.39, 0.29) is 5.82 Å². The summed E-state index contributed by atoms with van der Waals surface area (Å²) in [4.78, 5) is 0. The van der Waals surface area contributed by atoms with E-state index in [9.17, 15) is 4.39 Å². The highest BCUT2D eigenvalue weighted by atomic mass is 19.1. The topological polar surface area (TPSA) is 9.23 Å². The van der Waals surface area contributed by atoms with Crippen LogP contribution in [0.25, 0.3) is 0 Å². The summed E-state index contributed by atoms with van der Waals surface area (Å²) < 4.78 is 20.2. The van der Waals surface area contributed by atoms with Gasteiger partial charge in [-0.15, -0.1) is 0 Å². The van der Waals surface area contributed by atoms with E-state index < -0.39 is 0 Å². The van der Waals surface area contributed by atoms with Crippen LogP contribution < -0.4 is 4.74 Å². The van der Waals surface area contributed by atoms with Crippen LogP contribution in [0.1, 0.15) is 82.6 Å². The maximum atomic E-state index is 14.7. The van der Waals surface area contributed by atoms with Crippen LogP contribution >= 0.6 is 0 Å². The second kappa shape index (κ2) is 9.01. The summed E-state index contributed by atoms with van der Waals surface area (Å²) in [6, 6.07) is 5.45. The molecule has 0 amide bonds. The molecule has 1 aromatic carbocycles. The summed E-state index contributed by atoms with van der Waals surface area (Å²) in [6.07, 6.45) is 15.4. The molecule has 1 nitrogen and oxygen atoms in total. The van der Waals surface area contributed by atoms with Crippen molar-refractivity contribution in [2.75, 3.05) is 6.61 Å². The van der Waals surface area contributed by atoms with Gasteiger partial charge in [0.05, 0.1) is 0 Å². The first kappa shape index (κ1) is 20.0. The molecule has 0 aromatic heterocycles. The second-order valence-corrected chi connectivity index (χ2v) is 9.91. The third kappa shape index (κ3) is 4.47. The third-order valence-corrected chi connectivity index (χ3v) is 8.16. The smallest absolute Gasteiger partial charge is 0.130 e. The highest BCUT2D eigenvalue weighted by Gasteiger charge is 2.39. The van der Waals surface area contributed by atoms with Gasteiger partial charge in [0.15, 0.2) is 0 Å². The van der Waals surface area contributed by atoms with Crippen LogP contribution in [0.15, 0.2) is 30.9 Å². The van der Waals surface area contributed by atoms with E-state index in [1.807, 2.05) is 12.1 Å². The Labute approximate surface area is 170 Å². The lowest BCUT2D eigenvalue weighted by molar-refractivity contribution is 0.0728. The Morgan fingerprint density at radius 1 is 0.929 bits per heavy atom. The molecule has 3 aliphatic rings. The fraction of sp³-hybridized carbons (Fsp3) is 0.692. The number of hydrogen-bond donors (Lipinski definition) is 0. The van der Waals surface area contributed by atoms with Crippen molar-refractivity contribution in [3.8, 4) is 5.75 Å². The van der Waals surface area contributed by atoms with Gasteiger partial charge in [-0.25, -0.2) is 4.39 Å². The molecule has 154 valence electrons. The average molecular weight is 385 g/mol. The molecular formula is C26H37FO. The molecule has 3 aliphatic carbocycles. The molecule has 0 N–H and O–H groups in total. The number of hydrogen-bond acceptors (Lipinski definition) is 1. The van der Waals surface area contributed by atoms with Crippen molar-refractivity contribution < 1.29 is 9.13 Å². The van der Waals surface area contributed by atoms with Crippen LogP contribution in [0.5, 0.6) is 5.75 Å². The number of fused-ring (bicyclic) bond motifs is 1. The van der Waals surface area contributed by atoms with E-state index in [0.717, 1.165) is 41.6 Å². The van der Waals surface area contributed by atoms with Gasteiger partial charge in [-0.1, -0.05) is 38.5 Å². The SMILES string of the molecule is C=CCOc1ccc(C2CCC3CC(C4CCC(C)CC4)CCC3C2)c(F)c1. The predicted molar refractivity (Wildman–Crippen MR) is 114 cm³/mol. The molecule has 0 saturated heterocycles. The molecule has 3 fully saturated rings. The quantitative estimate of drug-likeness (QED) is 0.477. The summed E-state index contributed by atoms with van der Waals surface area (Å²) >= 11 is 0. The molecule has 0 radical (unpaired) electrons. The Hall–Kier alpha value is -1.31.